The van der Waals surface area contributed by atoms with Gasteiger partial charge in [0.2, 0.25) is 0 Å². The lowest BCUT2D eigenvalue weighted by Gasteiger charge is -2.03. The topological polar surface area (TPSA) is 47.0 Å². The Morgan fingerprint density at radius 2 is 2.16 bits per heavy atom. The molecular weight excluding hydrogens is 282 g/mol. The maximum atomic E-state index is 5.89. The smallest absolute Gasteiger partial charge is 0.155 e. The van der Waals surface area contributed by atoms with E-state index in [2.05, 4.69) is 15.5 Å². The van der Waals surface area contributed by atoms with Gasteiger partial charge in [-0.05, 0) is 31.0 Å². The third kappa shape index (κ3) is 3.89. The number of aromatic nitrogens is 2. The highest BCUT2D eigenvalue weighted by atomic mass is 35.5. The van der Waals surface area contributed by atoms with Gasteiger partial charge < -0.3 is 10.1 Å². The molecule has 0 amide bonds. The van der Waals surface area contributed by atoms with Gasteiger partial charge in [-0.3, -0.25) is 0 Å². The van der Waals surface area contributed by atoms with E-state index in [1.807, 2.05) is 18.2 Å². The van der Waals surface area contributed by atoms with Gasteiger partial charge in [-0.1, -0.05) is 29.0 Å². The molecule has 0 spiro atoms. The Balaban J connectivity index is 1.51. The van der Waals surface area contributed by atoms with Gasteiger partial charge in [0.15, 0.2) is 5.01 Å². The van der Waals surface area contributed by atoms with Gasteiger partial charge in [0.25, 0.3) is 0 Å². The molecule has 0 saturated heterocycles. The van der Waals surface area contributed by atoms with Crippen molar-refractivity contribution in [3.63, 3.8) is 0 Å². The summed E-state index contributed by atoms with van der Waals surface area (Å²) >= 11 is 7.48. The Hall–Kier alpha value is -1.17. The molecule has 0 atom stereocenters. The van der Waals surface area contributed by atoms with Crippen LogP contribution in [0.5, 0.6) is 5.75 Å². The quantitative estimate of drug-likeness (QED) is 0.890. The van der Waals surface area contributed by atoms with Crippen LogP contribution in [0.25, 0.3) is 0 Å². The molecule has 1 aromatic heterocycles. The molecule has 1 N–H and O–H groups in total. The van der Waals surface area contributed by atoms with Gasteiger partial charge in [0.1, 0.15) is 17.4 Å². The van der Waals surface area contributed by atoms with Crippen molar-refractivity contribution in [2.45, 2.75) is 32.0 Å². The number of nitrogens with zero attached hydrogens (tertiary/aromatic N) is 2. The van der Waals surface area contributed by atoms with Crippen LogP contribution in [0.4, 0.5) is 0 Å². The zero-order valence-electron chi connectivity index (χ0n) is 10.3. The first kappa shape index (κ1) is 12.8. The molecule has 1 heterocycles. The summed E-state index contributed by atoms with van der Waals surface area (Å²) in [6.45, 7) is 1.24. The second-order valence-electron chi connectivity index (χ2n) is 4.49. The van der Waals surface area contributed by atoms with Crippen molar-refractivity contribution in [2.24, 2.45) is 0 Å². The van der Waals surface area contributed by atoms with E-state index >= 15 is 0 Å². The lowest BCUT2D eigenvalue weighted by atomic mass is 10.3. The minimum absolute atomic E-state index is 0.432. The molecule has 0 radical (unpaired) electrons. The first-order valence-electron chi connectivity index (χ1n) is 6.22. The van der Waals surface area contributed by atoms with Crippen LogP contribution >= 0.6 is 22.9 Å². The zero-order chi connectivity index (χ0) is 13.1. The van der Waals surface area contributed by atoms with Crippen LogP contribution < -0.4 is 10.1 Å². The molecule has 1 aromatic carbocycles. The van der Waals surface area contributed by atoms with E-state index in [9.17, 15) is 0 Å². The van der Waals surface area contributed by atoms with E-state index in [1.165, 1.54) is 12.8 Å². The van der Waals surface area contributed by atoms with Crippen LogP contribution in [0.1, 0.15) is 22.9 Å². The van der Waals surface area contributed by atoms with Crippen molar-refractivity contribution >= 4 is 22.9 Å². The van der Waals surface area contributed by atoms with E-state index in [0.29, 0.717) is 17.7 Å². The predicted octanol–water partition coefficient (Wildman–Crippen LogP) is 3.02. The summed E-state index contributed by atoms with van der Waals surface area (Å²) in [6.07, 6.45) is 2.56. The van der Waals surface area contributed by atoms with Crippen molar-refractivity contribution in [3.8, 4) is 5.75 Å². The van der Waals surface area contributed by atoms with Crippen molar-refractivity contribution in [3.05, 3.63) is 39.3 Å². The minimum atomic E-state index is 0.432. The van der Waals surface area contributed by atoms with Gasteiger partial charge in [-0.25, -0.2) is 0 Å². The third-order valence-corrected chi connectivity index (χ3v) is 3.92. The zero-order valence-corrected chi connectivity index (χ0v) is 11.9. The Kier molecular flexibility index (Phi) is 3.96. The van der Waals surface area contributed by atoms with Crippen molar-refractivity contribution in [1.82, 2.24) is 15.5 Å². The molecule has 0 aliphatic heterocycles. The lowest BCUT2D eigenvalue weighted by Crippen LogP contribution is -2.14. The van der Waals surface area contributed by atoms with Crippen LogP contribution in [0.2, 0.25) is 5.02 Å². The monoisotopic (exact) mass is 295 g/mol. The van der Waals surface area contributed by atoms with E-state index in [4.69, 9.17) is 16.3 Å². The molecule has 3 rings (SSSR count). The number of benzene rings is 1. The largest absolute Gasteiger partial charge is 0.486 e. The summed E-state index contributed by atoms with van der Waals surface area (Å²) in [7, 11) is 0. The molecule has 1 saturated carbocycles. The Morgan fingerprint density at radius 1 is 1.32 bits per heavy atom. The number of nitrogens with one attached hydrogen (secondary N) is 1. The molecular formula is C13H14ClN3OS. The summed E-state index contributed by atoms with van der Waals surface area (Å²) in [5.41, 5.74) is 0. The van der Waals surface area contributed by atoms with Crippen molar-refractivity contribution < 1.29 is 4.74 Å². The predicted molar refractivity (Wildman–Crippen MR) is 75.6 cm³/mol. The van der Waals surface area contributed by atoms with E-state index in [0.717, 1.165) is 22.3 Å². The van der Waals surface area contributed by atoms with Crippen molar-refractivity contribution in [1.29, 1.82) is 0 Å². The molecule has 19 heavy (non-hydrogen) atoms. The van der Waals surface area contributed by atoms with Gasteiger partial charge >= 0.3 is 0 Å². The van der Waals surface area contributed by atoms with E-state index in [-0.39, 0.29) is 0 Å². The summed E-state index contributed by atoms with van der Waals surface area (Å²) in [5, 5.41) is 14.2. The van der Waals surface area contributed by atoms with Gasteiger partial charge in [0.05, 0.1) is 0 Å². The average molecular weight is 296 g/mol. The summed E-state index contributed by atoms with van der Waals surface area (Å²) in [4.78, 5) is 0. The highest BCUT2D eigenvalue weighted by molar-refractivity contribution is 7.11. The molecule has 0 unspecified atom stereocenters. The average Bonchev–Trinajstić information content (AvgIpc) is 3.13. The normalized spacial score (nSPS) is 14.6. The Bertz CT molecular complexity index is 556. The van der Waals surface area contributed by atoms with Gasteiger partial charge in [-0.15, -0.1) is 10.2 Å². The molecule has 1 aliphatic rings. The van der Waals surface area contributed by atoms with Gasteiger partial charge in [0, 0.05) is 17.6 Å². The van der Waals surface area contributed by atoms with Crippen LogP contribution in [0.15, 0.2) is 24.3 Å². The Labute approximate surface area is 120 Å². The van der Waals surface area contributed by atoms with Crippen molar-refractivity contribution in [2.75, 3.05) is 0 Å². The van der Waals surface area contributed by atoms with E-state index < -0.39 is 0 Å². The maximum Gasteiger partial charge on any atom is 0.155 e. The van der Waals surface area contributed by atoms with Crippen LogP contribution in [0.3, 0.4) is 0 Å². The molecule has 4 nitrogen and oxygen atoms in total. The first-order chi connectivity index (χ1) is 9.29. The standard InChI is InChI=1S/C13H14ClN3OS/c14-9-2-1-3-11(6-9)18-8-13-17-16-12(19-13)7-15-10-4-5-10/h1-3,6,10,15H,4-5,7-8H2. The Morgan fingerprint density at radius 3 is 2.95 bits per heavy atom. The molecule has 1 fully saturated rings. The fraction of sp³-hybridized carbons (Fsp3) is 0.385. The molecule has 2 aromatic rings. The fourth-order valence-corrected chi connectivity index (χ4v) is 2.53. The van der Waals surface area contributed by atoms with Crippen LogP contribution in [-0.2, 0) is 13.2 Å². The van der Waals surface area contributed by atoms with Crippen LogP contribution in [-0.4, -0.2) is 16.2 Å². The first-order valence-corrected chi connectivity index (χ1v) is 7.42. The number of halogens is 1. The van der Waals surface area contributed by atoms with Crippen LogP contribution in [0, 0.1) is 0 Å². The number of ether oxygens (including phenoxy) is 1. The molecule has 6 heteroatoms. The molecule has 100 valence electrons. The summed E-state index contributed by atoms with van der Waals surface area (Å²) < 4.78 is 5.63. The highest BCUT2D eigenvalue weighted by Gasteiger charge is 2.20. The lowest BCUT2D eigenvalue weighted by molar-refractivity contribution is 0.304. The highest BCUT2D eigenvalue weighted by Crippen LogP contribution is 2.21. The second-order valence-corrected chi connectivity index (χ2v) is 6.07. The minimum Gasteiger partial charge on any atom is -0.486 e. The maximum absolute atomic E-state index is 5.89. The van der Waals surface area contributed by atoms with Gasteiger partial charge in [-0.2, -0.15) is 0 Å². The molecule has 1 aliphatic carbocycles. The molecule has 0 bridgehead atoms. The second kappa shape index (κ2) is 5.86. The third-order valence-electron chi connectivity index (χ3n) is 2.79. The number of hydrogen-bond acceptors (Lipinski definition) is 5. The summed E-state index contributed by atoms with van der Waals surface area (Å²) in [6, 6.07) is 8.04. The number of rotatable bonds is 6. The summed E-state index contributed by atoms with van der Waals surface area (Å²) in [5.74, 6) is 0.750. The fourth-order valence-electron chi connectivity index (χ4n) is 1.64. The number of hydrogen-bond donors (Lipinski definition) is 1. The van der Waals surface area contributed by atoms with E-state index in [1.54, 1.807) is 17.4 Å². The SMILES string of the molecule is Clc1cccc(OCc2nnc(CNC3CC3)s2)c1.